The third kappa shape index (κ3) is 4.24. The van der Waals surface area contributed by atoms with E-state index < -0.39 is 5.97 Å². The molecular formula is C17H16N4O3S2. The number of hydrogen-bond acceptors (Lipinski definition) is 8. The van der Waals surface area contributed by atoms with Crippen LogP contribution in [-0.2, 0) is 4.74 Å². The second-order valence-corrected chi connectivity index (χ2v) is 7.04. The van der Waals surface area contributed by atoms with Gasteiger partial charge in [-0.05, 0) is 32.0 Å². The molecule has 0 radical (unpaired) electrons. The molecule has 0 unspecified atom stereocenters. The average molecular weight is 388 g/mol. The molecule has 0 bridgehead atoms. The summed E-state index contributed by atoms with van der Waals surface area (Å²) in [6.45, 7) is 3.73. The second-order valence-electron chi connectivity index (χ2n) is 5.15. The summed E-state index contributed by atoms with van der Waals surface area (Å²) in [7, 11) is 0. The number of aromatic nitrogens is 2. The summed E-state index contributed by atoms with van der Waals surface area (Å²) in [6.07, 6.45) is 1.70. The predicted octanol–water partition coefficient (Wildman–Crippen LogP) is 4.08. The number of carbonyl (C=O) groups excluding carboxylic acids is 2. The lowest BCUT2D eigenvalue weighted by atomic mass is 10.2. The molecule has 9 heteroatoms. The number of nitrogens with zero attached hydrogens (tertiary/aromatic N) is 2. The Balaban J connectivity index is 1.72. The molecule has 0 saturated heterocycles. The Morgan fingerprint density at radius 1 is 1.27 bits per heavy atom. The minimum absolute atomic E-state index is 0.288. The summed E-state index contributed by atoms with van der Waals surface area (Å²) in [5.74, 6) is -0.741. The third-order valence-electron chi connectivity index (χ3n) is 3.29. The van der Waals surface area contributed by atoms with Gasteiger partial charge in [0.1, 0.15) is 4.88 Å². The number of amides is 1. The molecule has 2 aromatic heterocycles. The van der Waals surface area contributed by atoms with Crippen molar-refractivity contribution in [2.24, 2.45) is 0 Å². The van der Waals surface area contributed by atoms with Crippen molar-refractivity contribution in [3.8, 4) is 0 Å². The summed E-state index contributed by atoms with van der Waals surface area (Å²) >= 11 is 2.57. The zero-order valence-corrected chi connectivity index (χ0v) is 15.7. The van der Waals surface area contributed by atoms with E-state index in [1.807, 2.05) is 11.4 Å². The molecule has 0 aliphatic rings. The number of thiazole rings is 2. The molecular weight excluding hydrogens is 372 g/mol. The molecule has 0 saturated carbocycles. The van der Waals surface area contributed by atoms with Gasteiger partial charge in [-0.1, -0.05) is 17.4 Å². The van der Waals surface area contributed by atoms with Gasteiger partial charge in [0.2, 0.25) is 0 Å². The van der Waals surface area contributed by atoms with E-state index in [9.17, 15) is 9.59 Å². The van der Waals surface area contributed by atoms with Crippen molar-refractivity contribution in [1.82, 2.24) is 9.97 Å². The molecule has 1 aromatic carbocycles. The van der Waals surface area contributed by atoms with Crippen LogP contribution in [0, 0.1) is 6.92 Å². The zero-order valence-electron chi connectivity index (χ0n) is 14.1. The molecule has 26 heavy (non-hydrogen) atoms. The van der Waals surface area contributed by atoms with Crippen LogP contribution < -0.4 is 10.6 Å². The molecule has 0 aliphatic heterocycles. The van der Waals surface area contributed by atoms with E-state index in [4.69, 9.17) is 4.74 Å². The van der Waals surface area contributed by atoms with Gasteiger partial charge in [0, 0.05) is 22.8 Å². The van der Waals surface area contributed by atoms with Gasteiger partial charge in [0.25, 0.3) is 5.91 Å². The van der Waals surface area contributed by atoms with Crippen LogP contribution in [0.1, 0.15) is 32.6 Å². The molecule has 3 rings (SSSR count). The summed E-state index contributed by atoms with van der Waals surface area (Å²) < 4.78 is 4.98. The first kappa shape index (κ1) is 18.0. The largest absolute Gasteiger partial charge is 0.462 e. The lowest BCUT2D eigenvalue weighted by molar-refractivity contribution is 0.0531. The Labute approximate surface area is 158 Å². The van der Waals surface area contributed by atoms with Gasteiger partial charge in [0.15, 0.2) is 10.3 Å². The van der Waals surface area contributed by atoms with Gasteiger partial charge in [0.05, 0.1) is 12.3 Å². The van der Waals surface area contributed by atoms with Crippen LogP contribution in [0.5, 0.6) is 0 Å². The molecule has 3 aromatic rings. The molecule has 134 valence electrons. The Hall–Kier alpha value is -2.78. The van der Waals surface area contributed by atoms with Crippen LogP contribution in [0.4, 0.5) is 16.0 Å². The number of anilines is 3. The van der Waals surface area contributed by atoms with Crippen LogP contribution in [0.3, 0.4) is 0 Å². The highest BCUT2D eigenvalue weighted by molar-refractivity contribution is 7.17. The number of hydrogen-bond donors (Lipinski definition) is 2. The topological polar surface area (TPSA) is 93.2 Å². The predicted molar refractivity (Wildman–Crippen MR) is 103 cm³/mol. The number of nitrogens with one attached hydrogen (secondary N) is 2. The van der Waals surface area contributed by atoms with Crippen LogP contribution in [0.15, 0.2) is 35.8 Å². The molecule has 0 spiro atoms. The smallest absolute Gasteiger partial charge is 0.350 e. The van der Waals surface area contributed by atoms with E-state index >= 15 is 0 Å². The minimum Gasteiger partial charge on any atom is -0.462 e. The highest BCUT2D eigenvalue weighted by Gasteiger charge is 2.18. The van der Waals surface area contributed by atoms with Gasteiger partial charge in [-0.15, -0.1) is 11.3 Å². The first-order valence-electron chi connectivity index (χ1n) is 7.79. The normalized spacial score (nSPS) is 10.4. The Kier molecular flexibility index (Phi) is 5.59. The maximum Gasteiger partial charge on any atom is 0.350 e. The summed E-state index contributed by atoms with van der Waals surface area (Å²) in [4.78, 5) is 33.1. The fraction of sp³-hybridized carbons (Fsp3) is 0.176. The van der Waals surface area contributed by atoms with E-state index in [2.05, 4.69) is 20.6 Å². The summed E-state index contributed by atoms with van der Waals surface area (Å²) in [5.41, 5.74) is 1.76. The summed E-state index contributed by atoms with van der Waals surface area (Å²) in [5, 5.41) is 8.83. The van der Waals surface area contributed by atoms with E-state index in [0.29, 0.717) is 21.3 Å². The van der Waals surface area contributed by atoms with Crippen molar-refractivity contribution in [2.75, 3.05) is 17.2 Å². The maximum absolute atomic E-state index is 12.5. The fourth-order valence-corrected chi connectivity index (χ4v) is 3.56. The summed E-state index contributed by atoms with van der Waals surface area (Å²) in [6, 6.07) is 7.06. The second kappa shape index (κ2) is 8.07. The third-order valence-corrected chi connectivity index (χ3v) is 5.03. The quantitative estimate of drug-likeness (QED) is 0.618. The fourth-order valence-electron chi connectivity index (χ4n) is 2.15. The van der Waals surface area contributed by atoms with Crippen LogP contribution in [0.25, 0.3) is 0 Å². The van der Waals surface area contributed by atoms with Crippen molar-refractivity contribution in [3.05, 3.63) is 52.0 Å². The number of esters is 1. The number of ether oxygens (including phenoxy) is 1. The molecule has 0 fully saturated rings. The van der Waals surface area contributed by atoms with E-state index in [0.717, 1.165) is 22.2 Å². The maximum atomic E-state index is 12.5. The highest BCUT2D eigenvalue weighted by atomic mass is 32.1. The lowest BCUT2D eigenvalue weighted by Crippen LogP contribution is -2.11. The number of rotatable bonds is 6. The van der Waals surface area contributed by atoms with Crippen molar-refractivity contribution < 1.29 is 14.3 Å². The first-order valence-corrected chi connectivity index (χ1v) is 9.49. The van der Waals surface area contributed by atoms with E-state index in [1.165, 1.54) is 11.3 Å². The van der Waals surface area contributed by atoms with Gasteiger partial charge in [-0.25, -0.2) is 14.8 Å². The number of carbonyl (C=O) groups is 2. The van der Waals surface area contributed by atoms with Crippen molar-refractivity contribution in [2.45, 2.75) is 13.8 Å². The molecule has 1 amide bonds. The Morgan fingerprint density at radius 3 is 2.85 bits per heavy atom. The molecule has 2 heterocycles. The van der Waals surface area contributed by atoms with Crippen molar-refractivity contribution in [3.63, 3.8) is 0 Å². The zero-order chi connectivity index (χ0) is 18.5. The standard InChI is InChI=1S/C17H16N4O3S2/c1-3-24-15(23)13-10(2)19-17(26-13)21-14(22)11-5-4-6-12(9-11)20-16-18-7-8-25-16/h4-9H,3H2,1-2H3,(H,18,20)(H,19,21,22). The Morgan fingerprint density at radius 2 is 2.12 bits per heavy atom. The number of aryl methyl sites for hydroxylation is 1. The van der Waals surface area contributed by atoms with Gasteiger partial charge < -0.3 is 10.1 Å². The van der Waals surface area contributed by atoms with E-state index in [1.54, 1.807) is 38.2 Å². The minimum atomic E-state index is -0.433. The molecule has 0 atom stereocenters. The van der Waals surface area contributed by atoms with Crippen molar-refractivity contribution in [1.29, 1.82) is 0 Å². The van der Waals surface area contributed by atoms with E-state index in [-0.39, 0.29) is 12.5 Å². The lowest BCUT2D eigenvalue weighted by Gasteiger charge is -2.06. The van der Waals surface area contributed by atoms with Gasteiger partial charge in [-0.2, -0.15) is 0 Å². The number of benzene rings is 1. The van der Waals surface area contributed by atoms with Crippen LogP contribution in [0.2, 0.25) is 0 Å². The van der Waals surface area contributed by atoms with Crippen molar-refractivity contribution >= 4 is 50.5 Å². The van der Waals surface area contributed by atoms with Gasteiger partial charge in [-0.3, -0.25) is 10.1 Å². The SMILES string of the molecule is CCOC(=O)c1sc(NC(=O)c2cccc(Nc3nccs3)c2)nc1C. The van der Waals surface area contributed by atoms with Crippen LogP contribution in [-0.4, -0.2) is 28.5 Å². The first-order chi connectivity index (χ1) is 12.6. The average Bonchev–Trinajstić information content (AvgIpc) is 3.25. The molecule has 7 nitrogen and oxygen atoms in total. The van der Waals surface area contributed by atoms with Crippen LogP contribution >= 0.6 is 22.7 Å². The Bertz CT molecular complexity index is 922. The molecule has 2 N–H and O–H groups in total. The van der Waals surface area contributed by atoms with Gasteiger partial charge >= 0.3 is 5.97 Å². The highest BCUT2D eigenvalue weighted by Crippen LogP contribution is 2.25. The molecule has 0 aliphatic carbocycles. The monoisotopic (exact) mass is 388 g/mol.